The molecule has 7 heteroatoms. The summed E-state index contributed by atoms with van der Waals surface area (Å²) in [7, 11) is -3.83. The molecule has 0 bridgehead atoms. The van der Waals surface area contributed by atoms with Crippen LogP contribution in [0.1, 0.15) is 79.5 Å². The molecule has 1 atom stereocenters. The van der Waals surface area contributed by atoms with Gasteiger partial charge in [-0.3, -0.25) is 4.79 Å². The topological polar surface area (TPSA) is 81.1 Å². The van der Waals surface area contributed by atoms with Crippen LogP contribution in [0.3, 0.4) is 0 Å². The monoisotopic (exact) mass is 429 g/mol. The molecule has 4 rings (SSSR count). The van der Waals surface area contributed by atoms with Gasteiger partial charge in [0.15, 0.2) is 0 Å². The van der Waals surface area contributed by atoms with Crippen LogP contribution in [-0.2, 0) is 21.1 Å². The van der Waals surface area contributed by atoms with E-state index < -0.39 is 21.5 Å². The largest absolute Gasteiger partial charge is 0.348 e. The molecule has 6 nitrogen and oxygen atoms in total. The van der Waals surface area contributed by atoms with E-state index in [4.69, 9.17) is 0 Å². The normalized spacial score (nSPS) is 20.0. The lowest BCUT2D eigenvalue weighted by atomic mass is 9.88. The average molecular weight is 430 g/mol. The van der Waals surface area contributed by atoms with E-state index >= 15 is 0 Å². The second-order valence-electron chi connectivity index (χ2n) is 8.70. The smallest absolute Gasteiger partial charge is 0.236 e. The summed E-state index contributed by atoms with van der Waals surface area (Å²) in [6, 6.07) is 8.10. The van der Waals surface area contributed by atoms with Gasteiger partial charge in [-0.15, -0.1) is 0 Å². The summed E-state index contributed by atoms with van der Waals surface area (Å²) in [5.41, 5.74) is 3.95. The Kier molecular flexibility index (Phi) is 6.00. The highest BCUT2D eigenvalue weighted by atomic mass is 32.2. The number of benzene rings is 1. The van der Waals surface area contributed by atoms with Gasteiger partial charge < -0.3 is 9.88 Å². The molecule has 1 N–H and O–H groups in total. The fraction of sp³-hybridized carbons (Fsp3) is 0.565. The van der Waals surface area contributed by atoms with Crippen molar-refractivity contribution in [2.45, 2.75) is 82.5 Å². The summed E-state index contributed by atoms with van der Waals surface area (Å²) >= 11 is 0. The number of sulfone groups is 1. The molecule has 1 aromatic heterocycles. The lowest BCUT2D eigenvalue weighted by Gasteiger charge is -2.27. The van der Waals surface area contributed by atoms with Gasteiger partial charge in [0.05, 0.1) is 11.7 Å². The third-order valence-corrected chi connectivity index (χ3v) is 8.08. The molecule has 0 saturated heterocycles. The summed E-state index contributed by atoms with van der Waals surface area (Å²) in [6.45, 7) is 3.77. The zero-order valence-electron chi connectivity index (χ0n) is 17.9. The van der Waals surface area contributed by atoms with Crippen LogP contribution in [0.25, 0.3) is 0 Å². The number of nitrogens with zero attached hydrogens (tertiary/aromatic N) is 2. The van der Waals surface area contributed by atoms with E-state index in [0.29, 0.717) is 0 Å². The van der Waals surface area contributed by atoms with E-state index in [9.17, 15) is 13.2 Å². The first-order valence-corrected chi connectivity index (χ1v) is 12.7. The van der Waals surface area contributed by atoms with Gasteiger partial charge in [0.1, 0.15) is 5.75 Å². The Morgan fingerprint density at radius 2 is 1.83 bits per heavy atom. The van der Waals surface area contributed by atoms with Gasteiger partial charge in [-0.05, 0) is 57.1 Å². The number of carbonyl (C=O) groups is 1. The molecule has 1 saturated carbocycles. The molecule has 0 aliphatic heterocycles. The molecular weight excluding hydrogens is 398 g/mol. The fourth-order valence-corrected chi connectivity index (χ4v) is 6.38. The summed E-state index contributed by atoms with van der Waals surface area (Å²) in [6.07, 6.45) is 8.13. The quantitative estimate of drug-likeness (QED) is 0.780. The number of carbonyl (C=O) groups excluding carboxylic acids is 1. The van der Waals surface area contributed by atoms with Crippen molar-refractivity contribution in [1.82, 2.24) is 14.9 Å². The minimum atomic E-state index is -3.83. The number of rotatable bonds is 5. The summed E-state index contributed by atoms with van der Waals surface area (Å²) < 4.78 is 28.3. The Morgan fingerprint density at radius 1 is 1.10 bits per heavy atom. The first-order chi connectivity index (χ1) is 14.4. The fourth-order valence-electron chi connectivity index (χ4n) is 4.96. The highest BCUT2D eigenvalue weighted by Gasteiger charge is 2.32. The van der Waals surface area contributed by atoms with Crippen LogP contribution >= 0.6 is 0 Å². The average Bonchev–Trinajstić information content (AvgIpc) is 3.04. The predicted molar refractivity (Wildman–Crippen MR) is 116 cm³/mol. The van der Waals surface area contributed by atoms with Gasteiger partial charge in [-0.1, -0.05) is 43.5 Å². The zero-order chi connectivity index (χ0) is 21.3. The number of aryl methyl sites for hydroxylation is 2. The van der Waals surface area contributed by atoms with Crippen LogP contribution in [0.4, 0.5) is 0 Å². The van der Waals surface area contributed by atoms with Crippen molar-refractivity contribution >= 4 is 15.7 Å². The second-order valence-corrected chi connectivity index (χ2v) is 10.6. The van der Waals surface area contributed by atoms with E-state index in [1.165, 1.54) is 12.0 Å². The number of hydrogen-bond donors (Lipinski definition) is 1. The van der Waals surface area contributed by atoms with E-state index in [-0.39, 0.29) is 17.2 Å². The maximum atomic E-state index is 13.2. The van der Waals surface area contributed by atoms with Crippen molar-refractivity contribution < 1.29 is 13.2 Å². The molecule has 1 heterocycles. The van der Waals surface area contributed by atoms with Crippen LogP contribution < -0.4 is 5.32 Å². The number of aromatic nitrogens is 2. The van der Waals surface area contributed by atoms with Crippen LogP contribution in [0.2, 0.25) is 0 Å². The van der Waals surface area contributed by atoms with Crippen molar-refractivity contribution in [3.63, 3.8) is 0 Å². The molecular formula is C23H31N3O3S. The summed E-state index contributed by atoms with van der Waals surface area (Å²) in [4.78, 5) is 17.1. The number of hydrogen-bond acceptors (Lipinski definition) is 4. The van der Waals surface area contributed by atoms with Crippen molar-refractivity contribution in [3.05, 3.63) is 46.8 Å². The van der Waals surface area contributed by atoms with E-state index in [2.05, 4.69) is 16.4 Å². The number of imidazole rings is 1. The molecule has 1 fully saturated rings. The maximum Gasteiger partial charge on any atom is 0.236 e. The molecule has 2 aliphatic carbocycles. The summed E-state index contributed by atoms with van der Waals surface area (Å²) in [5, 5.41) is 3.03. The third kappa shape index (κ3) is 4.17. The standard InChI is InChI=1S/C23H31N3O3S/c1-16-17(2)26(19-11-4-3-5-12-19)23(24-16)30(28,29)15-22(27)25-21-14-8-10-18-9-6-7-13-20(18)21/h6-7,9,13,19,21H,3-5,8,10-12,14-15H2,1-2H3,(H,25,27)/t21-/m1/s1. The molecule has 0 spiro atoms. The number of fused-ring (bicyclic) bond motifs is 1. The minimum absolute atomic E-state index is 0.0589. The van der Waals surface area contributed by atoms with Gasteiger partial charge in [0.25, 0.3) is 0 Å². The second kappa shape index (κ2) is 8.53. The predicted octanol–water partition coefficient (Wildman–Crippen LogP) is 3.97. The minimum Gasteiger partial charge on any atom is -0.348 e. The Balaban J connectivity index is 1.54. The molecule has 1 amide bonds. The molecule has 162 valence electrons. The Morgan fingerprint density at radius 3 is 2.60 bits per heavy atom. The molecule has 0 unspecified atom stereocenters. The lowest BCUT2D eigenvalue weighted by Crippen LogP contribution is -2.36. The molecule has 1 aromatic carbocycles. The van der Waals surface area contributed by atoms with Crippen LogP contribution in [0, 0.1) is 13.8 Å². The Bertz CT molecular complexity index is 1040. The highest BCUT2D eigenvalue weighted by Crippen LogP contribution is 2.33. The third-order valence-electron chi connectivity index (χ3n) is 6.60. The number of nitrogens with one attached hydrogen (secondary N) is 1. The lowest BCUT2D eigenvalue weighted by molar-refractivity contribution is -0.119. The van der Waals surface area contributed by atoms with Crippen LogP contribution in [-0.4, -0.2) is 29.6 Å². The number of amides is 1. The maximum absolute atomic E-state index is 13.2. The van der Waals surface area contributed by atoms with Crippen molar-refractivity contribution in [2.75, 3.05) is 5.75 Å². The van der Waals surface area contributed by atoms with Gasteiger partial charge in [0, 0.05) is 11.7 Å². The van der Waals surface area contributed by atoms with E-state index in [0.717, 1.165) is 61.9 Å². The molecule has 30 heavy (non-hydrogen) atoms. The van der Waals surface area contributed by atoms with Gasteiger partial charge >= 0.3 is 0 Å². The van der Waals surface area contributed by atoms with Crippen LogP contribution in [0.5, 0.6) is 0 Å². The molecule has 2 aliphatic rings. The Hall–Kier alpha value is -2.15. The highest BCUT2D eigenvalue weighted by molar-refractivity contribution is 7.92. The van der Waals surface area contributed by atoms with Crippen molar-refractivity contribution in [2.24, 2.45) is 0 Å². The van der Waals surface area contributed by atoms with Crippen molar-refractivity contribution in [1.29, 1.82) is 0 Å². The first kappa shape index (κ1) is 21.1. The van der Waals surface area contributed by atoms with E-state index in [1.54, 1.807) is 0 Å². The van der Waals surface area contributed by atoms with Gasteiger partial charge in [0.2, 0.25) is 20.9 Å². The van der Waals surface area contributed by atoms with Crippen LogP contribution in [0.15, 0.2) is 29.4 Å². The zero-order valence-corrected chi connectivity index (χ0v) is 18.7. The van der Waals surface area contributed by atoms with Gasteiger partial charge in [-0.2, -0.15) is 0 Å². The van der Waals surface area contributed by atoms with Gasteiger partial charge in [-0.25, -0.2) is 13.4 Å². The SMILES string of the molecule is Cc1nc(S(=O)(=O)CC(=O)N[C@@H]2CCCc3ccccc32)n(C2CCCCC2)c1C. The Labute approximate surface area is 179 Å². The first-order valence-electron chi connectivity index (χ1n) is 11.0. The van der Waals surface area contributed by atoms with E-state index in [1.807, 2.05) is 36.6 Å². The summed E-state index contributed by atoms with van der Waals surface area (Å²) in [5.74, 6) is -1.01. The molecule has 0 radical (unpaired) electrons. The molecule has 2 aromatic rings. The van der Waals surface area contributed by atoms with Crippen molar-refractivity contribution in [3.8, 4) is 0 Å².